The molecule has 3 rings (SSSR count). The molecule has 1 N–H and O–H groups in total. The number of hydrogen-bond donors (Lipinski definition) is 1. The molecule has 3 aromatic carbocycles. The Morgan fingerprint density at radius 3 is 2.09 bits per heavy atom. The third kappa shape index (κ3) is 5.91. The first-order valence-corrected chi connectivity index (χ1v) is 8.52. The van der Waals surface area contributed by atoms with E-state index in [1.54, 1.807) is 18.2 Å². The minimum atomic E-state index is 0.295. The van der Waals surface area contributed by atoms with Gasteiger partial charge in [0.2, 0.25) is 0 Å². The lowest BCUT2D eigenvalue weighted by Gasteiger charge is -2.05. The monoisotopic (exact) mass is 408 g/mol. The third-order valence-corrected chi connectivity index (χ3v) is 4.59. The van der Waals surface area contributed by atoms with Crippen LogP contribution >= 0.6 is 39.1 Å². The van der Waals surface area contributed by atoms with Crippen molar-refractivity contribution in [2.24, 2.45) is 0 Å². The summed E-state index contributed by atoms with van der Waals surface area (Å²) < 4.78 is 0.946. The molecule has 1 nitrogen and oxygen atoms in total. The zero-order valence-corrected chi connectivity index (χ0v) is 15.3. The van der Waals surface area contributed by atoms with Gasteiger partial charge in [-0.2, -0.15) is 0 Å². The van der Waals surface area contributed by atoms with E-state index in [4.69, 9.17) is 23.2 Å². The fourth-order valence-electron chi connectivity index (χ4n) is 1.95. The standard InChI is InChI=1S/C13H11ClO.C6H4BrCl/c14-12-6-7-13(15)11(9-12)8-10-4-2-1-3-5-10;7-5-3-1-2-4-6(5)8/h1-7,9,15H,8H2;1-4H. The Labute approximate surface area is 154 Å². The van der Waals surface area contributed by atoms with Crippen molar-refractivity contribution in [2.75, 3.05) is 0 Å². The van der Waals surface area contributed by atoms with E-state index in [0.717, 1.165) is 20.6 Å². The van der Waals surface area contributed by atoms with Gasteiger partial charge in [-0.3, -0.25) is 0 Å². The van der Waals surface area contributed by atoms with E-state index in [0.29, 0.717) is 17.2 Å². The summed E-state index contributed by atoms with van der Waals surface area (Å²) in [6.07, 6.45) is 0.702. The van der Waals surface area contributed by atoms with Crippen molar-refractivity contribution in [3.05, 3.63) is 98.4 Å². The molecular formula is C19H15BrCl2O. The van der Waals surface area contributed by atoms with Crippen molar-refractivity contribution in [3.63, 3.8) is 0 Å². The Bertz CT molecular complexity index is 739. The Morgan fingerprint density at radius 2 is 1.48 bits per heavy atom. The van der Waals surface area contributed by atoms with Crippen molar-refractivity contribution < 1.29 is 5.11 Å². The molecule has 3 aromatic rings. The molecule has 0 amide bonds. The maximum Gasteiger partial charge on any atom is 0.119 e. The molecule has 0 bridgehead atoms. The second-order valence-corrected chi connectivity index (χ2v) is 6.55. The average Bonchev–Trinajstić information content (AvgIpc) is 2.55. The van der Waals surface area contributed by atoms with Crippen molar-refractivity contribution in [3.8, 4) is 5.75 Å². The number of aromatic hydroxyl groups is 1. The molecular weight excluding hydrogens is 395 g/mol. The van der Waals surface area contributed by atoms with Gasteiger partial charge in [-0.1, -0.05) is 65.7 Å². The summed E-state index contributed by atoms with van der Waals surface area (Å²) in [5, 5.41) is 11.0. The maximum atomic E-state index is 9.64. The zero-order valence-electron chi connectivity index (χ0n) is 12.2. The molecule has 0 aliphatic heterocycles. The van der Waals surface area contributed by atoms with Crippen LogP contribution in [0.3, 0.4) is 0 Å². The predicted molar refractivity (Wildman–Crippen MR) is 102 cm³/mol. The van der Waals surface area contributed by atoms with E-state index in [9.17, 15) is 5.11 Å². The van der Waals surface area contributed by atoms with Crippen LogP contribution in [-0.2, 0) is 6.42 Å². The van der Waals surface area contributed by atoms with Crippen LogP contribution in [0, 0.1) is 0 Å². The summed E-state index contributed by atoms with van der Waals surface area (Å²) >= 11 is 14.8. The van der Waals surface area contributed by atoms with Gasteiger partial charge in [-0.15, -0.1) is 0 Å². The second-order valence-electron chi connectivity index (χ2n) is 4.85. The molecule has 0 radical (unpaired) electrons. The highest BCUT2D eigenvalue weighted by Crippen LogP contribution is 2.24. The predicted octanol–water partition coefficient (Wildman–Crippen LogP) is 6.74. The van der Waals surface area contributed by atoms with E-state index < -0.39 is 0 Å². The highest BCUT2D eigenvalue weighted by molar-refractivity contribution is 9.10. The highest BCUT2D eigenvalue weighted by Gasteiger charge is 2.02. The van der Waals surface area contributed by atoms with Gasteiger partial charge in [0.15, 0.2) is 0 Å². The van der Waals surface area contributed by atoms with E-state index in [2.05, 4.69) is 15.9 Å². The van der Waals surface area contributed by atoms with Gasteiger partial charge in [0.1, 0.15) is 5.75 Å². The first-order chi connectivity index (χ1) is 11.1. The van der Waals surface area contributed by atoms with Crippen LogP contribution in [0.5, 0.6) is 5.75 Å². The molecule has 23 heavy (non-hydrogen) atoms. The van der Waals surface area contributed by atoms with Crippen LogP contribution in [0.2, 0.25) is 10.0 Å². The minimum Gasteiger partial charge on any atom is -0.508 e. The first kappa shape index (κ1) is 17.9. The Kier molecular flexibility index (Phi) is 6.97. The molecule has 0 aliphatic rings. The number of phenolic OH excluding ortho intramolecular Hbond substituents is 1. The number of halogens is 3. The molecule has 4 heteroatoms. The highest BCUT2D eigenvalue weighted by atomic mass is 79.9. The summed E-state index contributed by atoms with van der Waals surface area (Å²) in [4.78, 5) is 0. The van der Waals surface area contributed by atoms with Gasteiger partial charge in [0.25, 0.3) is 0 Å². The minimum absolute atomic E-state index is 0.295. The fraction of sp³-hybridized carbons (Fsp3) is 0.0526. The molecule has 0 saturated heterocycles. The summed E-state index contributed by atoms with van der Waals surface area (Å²) in [6, 6.07) is 22.7. The van der Waals surface area contributed by atoms with Gasteiger partial charge in [0, 0.05) is 15.9 Å². The fourth-order valence-corrected chi connectivity index (χ4v) is 2.57. The van der Waals surface area contributed by atoms with E-state index in [1.165, 1.54) is 0 Å². The number of rotatable bonds is 2. The van der Waals surface area contributed by atoms with Crippen LogP contribution in [0.15, 0.2) is 77.3 Å². The smallest absolute Gasteiger partial charge is 0.119 e. The van der Waals surface area contributed by atoms with Crippen LogP contribution in [0.4, 0.5) is 0 Å². The van der Waals surface area contributed by atoms with Gasteiger partial charge >= 0.3 is 0 Å². The molecule has 0 aromatic heterocycles. The molecule has 0 aliphatic carbocycles. The lowest BCUT2D eigenvalue weighted by molar-refractivity contribution is 0.469. The Morgan fingerprint density at radius 1 is 0.826 bits per heavy atom. The van der Waals surface area contributed by atoms with Crippen LogP contribution < -0.4 is 0 Å². The largest absolute Gasteiger partial charge is 0.508 e. The topological polar surface area (TPSA) is 20.2 Å². The van der Waals surface area contributed by atoms with Crippen LogP contribution in [0.25, 0.3) is 0 Å². The van der Waals surface area contributed by atoms with Crippen molar-refractivity contribution in [1.29, 1.82) is 0 Å². The van der Waals surface area contributed by atoms with E-state index in [1.807, 2.05) is 54.6 Å². The quantitative estimate of drug-likeness (QED) is 0.496. The second kappa shape index (κ2) is 8.97. The summed E-state index contributed by atoms with van der Waals surface area (Å²) in [5.74, 6) is 0.295. The van der Waals surface area contributed by atoms with Crippen LogP contribution in [0.1, 0.15) is 11.1 Å². The van der Waals surface area contributed by atoms with Gasteiger partial charge in [-0.05, 0) is 57.4 Å². The Balaban J connectivity index is 0.000000203. The third-order valence-electron chi connectivity index (χ3n) is 3.10. The van der Waals surface area contributed by atoms with Crippen LogP contribution in [-0.4, -0.2) is 5.11 Å². The van der Waals surface area contributed by atoms with Gasteiger partial charge < -0.3 is 5.11 Å². The van der Waals surface area contributed by atoms with Gasteiger partial charge in [-0.25, -0.2) is 0 Å². The summed E-state index contributed by atoms with van der Waals surface area (Å²) in [5.41, 5.74) is 2.02. The molecule has 0 unspecified atom stereocenters. The molecule has 0 fully saturated rings. The first-order valence-electron chi connectivity index (χ1n) is 6.97. The molecule has 0 heterocycles. The molecule has 118 valence electrons. The zero-order chi connectivity index (χ0) is 16.7. The number of phenols is 1. The van der Waals surface area contributed by atoms with Crippen molar-refractivity contribution in [1.82, 2.24) is 0 Å². The van der Waals surface area contributed by atoms with Crippen molar-refractivity contribution >= 4 is 39.1 Å². The average molecular weight is 410 g/mol. The van der Waals surface area contributed by atoms with E-state index in [-0.39, 0.29) is 0 Å². The lowest BCUT2D eigenvalue weighted by atomic mass is 10.0. The van der Waals surface area contributed by atoms with E-state index >= 15 is 0 Å². The van der Waals surface area contributed by atoms with Crippen molar-refractivity contribution in [2.45, 2.75) is 6.42 Å². The van der Waals surface area contributed by atoms with Gasteiger partial charge in [0.05, 0.1) is 5.02 Å². The number of benzene rings is 3. The summed E-state index contributed by atoms with van der Waals surface area (Å²) in [7, 11) is 0. The number of hydrogen-bond acceptors (Lipinski definition) is 1. The SMILES string of the molecule is Clc1ccccc1Br.Oc1ccc(Cl)cc1Cc1ccccc1. The Hall–Kier alpha value is -1.48. The molecule has 0 spiro atoms. The lowest BCUT2D eigenvalue weighted by Crippen LogP contribution is -1.88. The normalized spacial score (nSPS) is 9.87. The molecule has 0 saturated carbocycles. The summed E-state index contributed by atoms with van der Waals surface area (Å²) in [6.45, 7) is 0. The maximum absolute atomic E-state index is 9.64. The molecule has 0 atom stereocenters.